The highest BCUT2D eigenvalue weighted by molar-refractivity contribution is 6.33. The summed E-state index contributed by atoms with van der Waals surface area (Å²) >= 11 is 6.21. The van der Waals surface area contributed by atoms with Gasteiger partial charge in [0.25, 0.3) is 0 Å². The number of methoxy groups -OCH3 is 1. The van der Waals surface area contributed by atoms with Gasteiger partial charge in [-0.2, -0.15) is 0 Å². The van der Waals surface area contributed by atoms with Crippen molar-refractivity contribution >= 4 is 11.6 Å². The molecule has 1 aromatic carbocycles. The lowest BCUT2D eigenvalue weighted by atomic mass is 9.92. The molecule has 4 heteroatoms. The third-order valence-electron chi connectivity index (χ3n) is 3.01. The second-order valence-corrected chi connectivity index (χ2v) is 4.30. The summed E-state index contributed by atoms with van der Waals surface area (Å²) in [7, 11) is 1.60. The first-order valence-electron chi connectivity index (χ1n) is 5.15. The van der Waals surface area contributed by atoms with Crippen LogP contribution in [0.5, 0.6) is 5.75 Å². The number of aliphatic hydroxyl groups is 1. The molecule has 0 saturated carbocycles. The van der Waals surface area contributed by atoms with E-state index in [-0.39, 0.29) is 6.61 Å². The van der Waals surface area contributed by atoms with Crippen LogP contribution in [0.25, 0.3) is 0 Å². The second-order valence-electron chi connectivity index (χ2n) is 3.92. The number of hydrogen-bond acceptors (Lipinski definition) is 3. The molecule has 1 unspecified atom stereocenters. The number of halogens is 1. The molecule has 0 saturated heterocycles. The van der Waals surface area contributed by atoms with Gasteiger partial charge in [-0.3, -0.25) is 0 Å². The monoisotopic (exact) mass is 243 g/mol. The zero-order valence-corrected chi connectivity index (χ0v) is 10.9. The van der Waals surface area contributed by atoms with Crippen LogP contribution in [0.3, 0.4) is 0 Å². The van der Waals surface area contributed by atoms with Crippen molar-refractivity contribution in [1.29, 1.82) is 0 Å². The molecule has 3 nitrogen and oxygen atoms in total. The summed E-state index contributed by atoms with van der Waals surface area (Å²) in [6, 6.07) is -0.401. The first-order valence-corrected chi connectivity index (χ1v) is 5.53. The SMILES string of the molecule is COc1c(C)c(C)c(C(N)CO)c(C)c1Cl. The summed E-state index contributed by atoms with van der Waals surface area (Å²) in [6.07, 6.45) is 0. The lowest BCUT2D eigenvalue weighted by molar-refractivity contribution is 0.267. The molecule has 0 bridgehead atoms. The van der Waals surface area contributed by atoms with Crippen LogP contribution in [0.4, 0.5) is 0 Å². The largest absolute Gasteiger partial charge is 0.495 e. The number of hydrogen-bond donors (Lipinski definition) is 2. The predicted octanol–water partition coefficient (Wildman–Crippen LogP) is 2.27. The first-order chi connectivity index (χ1) is 7.45. The van der Waals surface area contributed by atoms with Crippen LogP contribution in [-0.2, 0) is 0 Å². The van der Waals surface area contributed by atoms with Gasteiger partial charge in [-0.05, 0) is 43.0 Å². The second kappa shape index (κ2) is 5.04. The molecule has 0 aliphatic rings. The maximum Gasteiger partial charge on any atom is 0.140 e. The van der Waals surface area contributed by atoms with Gasteiger partial charge >= 0.3 is 0 Å². The highest BCUT2D eigenvalue weighted by atomic mass is 35.5. The fraction of sp³-hybridized carbons (Fsp3) is 0.500. The van der Waals surface area contributed by atoms with Crippen LogP contribution in [0.2, 0.25) is 5.02 Å². The molecule has 0 amide bonds. The average Bonchev–Trinajstić information content (AvgIpc) is 2.27. The van der Waals surface area contributed by atoms with Gasteiger partial charge in [0.15, 0.2) is 0 Å². The summed E-state index contributed by atoms with van der Waals surface area (Å²) in [5, 5.41) is 9.72. The Morgan fingerprint density at radius 1 is 1.25 bits per heavy atom. The number of nitrogens with two attached hydrogens (primary N) is 1. The zero-order valence-electron chi connectivity index (χ0n) is 10.1. The zero-order chi connectivity index (χ0) is 12.5. The molecule has 1 aromatic rings. The average molecular weight is 244 g/mol. The van der Waals surface area contributed by atoms with Crippen LogP contribution >= 0.6 is 11.6 Å². The minimum absolute atomic E-state index is 0.0935. The van der Waals surface area contributed by atoms with Gasteiger partial charge in [0, 0.05) is 0 Å². The maximum absolute atomic E-state index is 9.15. The summed E-state index contributed by atoms with van der Waals surface area (Å²) in [6.45, 7) is 5.70. The van der Waals surface area contributed by atoms with Crippen molar-refractivity contribution in [2.24, 2.45) is 5.73 Å². The lowest BCUT2D eigenvalue weighted by Crippen LogP contribution is -2.18. The quantitative estimate of drug-likeness (QED) is 0.856. The van der Waals surface area contributed by atoms with Crippen molar-refractivity contribution in [1.82, 2.24) is 0 Å². The van der Waals surface area contributed by atoms with Crippen molar-refractivity contribution in [2.45, 2.75) is 26.8 Å². The molecule has 16 heavy (non-hydrogen) atoms. The Morgan fingerprint density at radius 2 is 1.81 bits per heavy atom. The van der Waals surface area contributed by atoms with Gasteiger partial charge in [0.05, 0.1) is 24.8 Å². The van der Waals surface area contributed by atoms with Crippen molar-refractivity contribution < 1.29 is 9.84 Å². The smallest absolute Gasteiger partial charge is 0.140 e. The first kappa shape index (κ1) is 13.3. The van der Waals surface area contributed by atoms with E-state index in [9.17, 15) is 0 Å². The van der Waals surface area contributed by atoms with E-state index in [0.717, 1.165) is 22.3 Å². The van der Waals surface area contributed by atoms with Gasteiger partial charge in [0.2, 0.25) is 0 Å². The molecular weight excluding hydrogens is 226 g/mol. The minimum Gasteiger partial charge on any atom is -0.495 e. The van der Waals surface area contributed by atoms with E-state index in [4.69, 9.17) is 27.2 Å². The molecule has 0 aromatic heterocycles. The number of aliphatic hydroxyl groups excluding tert-OH is 1. The van der Waals surface area contributed by atoms with Crippen molar-refractivity contribution in [2.75, 3.05) is 13.7 Å². The van der Waals surface area contributed by atoms with E-state index in [1.54, 1.807) is 7.11 Å². The van der Waals surface area contributed by atoms with Gasteiger partial charge in [-0.15, -0.1) is 0 Å². The molecule has 0 aliphatic heterocycles. The molecular formula is C12H18ClNO2. The molecule has 0 radical (unpaired) electrons. The van der Waals surface area contributed by atoms with E-state index >= 15 is 0 Å². The Morgan fingerprint density at radius 3 is 2.25 bits per heavy atom. The molecule has 1 rings (SSSR count). The third kappa shape index (κ3) is 2.03. The van der Waals surface area contributed by atoms with Crippen molar-refractivity contribution in [3.63, 3.8) is 0 Å². The standard InChI is InChI=1S/C12H18ClNO2/c1-6-7(2)12(16-4)11(13)8(3)10(6)9(14)5-15/h9,15H,5,14H2,1-4H3. The number of ether oxygens (including phenoxy) is 1. The fourth-order valence-electron chi connectivity index (χ4n) is 2.00. The summed E-state index contributed by atoms with van der Waals surface area (Å²) < 4.78 is 5.27. The van der Waals surface area contributed by atoms with E-state index in [0.29, 0.717) is 10.8 Å². The topological polar surface area (TPSA) is 55.5 Å². The molecule has 1 atom stereocenters. The van der Waals surface area contributed by atoms with E-state index in [1.807, 2.05) is 20.8 Å². The van der Waals surface area contributed by atoms with E-state index in [2.05, 4.69) is 0 Å². The summed E-state index contributed by atoms with van der Waals surface area (Å²) in [5.41, 5.74) is 9.66. The molecule has 0 spiro atoms. The van der Waals surface area contributed by atoms with E-state index < -0.39 is 6.04 Å². The van der Waals surface area contributed by atoms with Gasteiger partial charge in [-0.1, -0.05) is 11.6 Å². The van der Waals surface area contributed by atoms with Crippen LogP contribution in [0.15, 0.2) is 0 Å². The Labute approximate surface area is 101 Å². The highest BCUT2D eigenvalue weighted by Crippen LogP contribution is 2.38. The Hall–Kier alpha value is -0.770. The fourth-order valence-corrected chi connectivity index (χ4v) is 2.32. The van der Waals surface area contributed by atoms with Gasteiger partial charge < -0.3 is 15.6 Å². The predicted molar refractivity (Wildman–Crippen MR) is 66.2 cm³/mol. The third-order valence-corrected chi connectivity index (χ3v) is 3.47. The molecule has 3 N–H and O–H groups in total. The van der Waals surface area contributed by atoms with Crippen LogP contribution < -0.4 is 10.5 Å². The van der Waals surface area contributed by atoms with Crippen LogP contribution in [0, 0.1) is 20.8 Å². The summed E-state index contributed by atoms with van der Waals surface area (Å²) in [4.78, 5) is 0. The Kier molecular flexibility index (Phi) is 4.19. The number of rotatable bonds is 3. The lowest BCUT2D eigenvalue weighted by Gasteiger charge is -2.21. The Balaban J connectivity index is 3.53. The van der Waals surface area contributed by atoms with Crippen molar-refractivity contribution in [3.8, 4) is 5.75 Å². The maximum atomic E-state index is 9.15. The highest BCUT2D eigenvalue weighted by Gasteiger charge is 2.20. The molecule has 0 aliphatic carbocycles. The normalized spacial score (nSPS) is 12.7. The minimum atomic E-state index is -0.401. The van der Waals surface area contributed by atoms with Crippen molar-refractivity contribution in [3.05, 3.63) is 27.3 Å². The Bertz CT molecular complexity index is 375. The van der Waals surface area contributed by atoms with Crippen LogP contribution in [0.1, 0.15) is 28.3 Å². The van der Waals surface area contributed by atoms with E-state index in [1.165, 1.54) is 0 Å². The summed E-state index contributed by atoms with van der Waals surface area (Å²) in [5.74, 6) is 0.686. The molecule has 0 fully saturated rings. The van der Waals surface area contributed by atoms with Gasteiger partial charge in [-0.25, -0.2) is 0 Å². The van der Waals surface area contributed by atoms with Gasteiger partial charge in [0.1, 0.15) is 5.75 Å². The molecule has 0 heterocycles. The van der Waals surface area contributed by atoms with Crippen LogP contribution in [-0.4, -0.2) is 18.8 Å². The molecule has 90 valence electrons. The number of benzene rings is 1.